The van der Waals surface area contributed by atoms with E-state index in [0.717, 1.165) is 37.1 Å². The van der Waals surface area contributed by atoms with Crippen molar-refractivity contribution in [3.63, 3.8) is 0 Å². The number of nitrogens with zero attached hydrogens (tertiary/aromatic N) is 2. The van der Waals surface area contributed by atoms with Gasteiger partial charge in [0, 0.05) is 0 Å². The fourth-order valence-corrected chi connectivity index (χ4v) is 2.62. The monoisotopic (exact) mass is 263 g/mol. The largest absolute Gasteiger partial charge is 0.480 e. The zero-order valence-electron chi connectivity index (χ0n) is 11.5. The van der Waals surface area contributed by atoms with Crippen molar-refractivity contribution in [2.45, 2.75) is 52.0 Å². The molecule has 0 aromatic carbocycles. The number of nitrogens with one attached hydrogen (secondary N) is 1. The molecule has 1 aliphatic rings. The Morgan fingerprint density at radius 1 is 1.32 bits per heavy atom. The molecule has 19 heavy (non-hydrogen) atoms. The fraction of sp³-hybridized carbons (Fsp3) is 0.643. The van der Waals surface area contributed by atoms with Crippen LogP contribution in [0.4, 0.5) is 5.82 Å². The molecule has 0 radical (unpaired) electrons. The van der Waals surface area contributed by atoms with Crippen molar-refractivity contribution in [1.82, 2.24) is 9.97 Å². The van der Waals surface area contributed by atoms with E-state index in [-0.39, 0.29) is 5.92 Å². The molecule has 1 unspecified atom stereocenters. The Labute approximate surface area is 113 Å². The van der Waals surface area contributed by atoms with Gasteiger partial charge in [-0.3, -0.25) is 4.98 Å². The average Bonchev–Trinajstić information content (AvgIpc) is 2.40. The third kappa shape index (κ3) is 3.43. The highest BCUT2D eigenvalue weighted by atomic mass is 16.4. The number of carboxylic acids is 1. The molecule has 1 aromatic rings. The smallest absolute Gasteiger partial charge is 0.326 e. The van der Waals surface area contributed by atoms with Gasteiger partial charge >= 0.3 is 5.97 Å². The lowest BCUT2D eigenvalue weighted by Crippen LogP contribution is -2.38. The molecule has 1 aliphatic carbocycles. The summed E-state index contributed by atoms with van der Waals surface area (Å²) in [7, 11) is 0. The summed E-state index contributed by atoms with van der Waals surface area (Å²) in [6, 6.07) is -0.559. The van der Waals surface area contributed by atoms with E-state index in [9.17, 15) is 9.90 Å². The summed E-state index contributed by atoms with van der Waals surface area (Å²) in [5.74, 6) is -0.0531. The van der Waals surface area contributed by atoms with Crippen LogP contribution in [0.5, 0.6) is 0 Å². The van der Waals surface area contributed by atoms with E-state index in [1.165, 1.54) is 6.42 Å². The number of anilines is 1. The van der Waals surface area contributed by atoms with Crippen LogP contribution in [0.15, 0.2) is 6.20 Å². The lowest BCUT2D eigenvalue weighted by Gasteiger charge is -2.28. The summed E-state index contributed by atoms with van der Waals surface area (Å²) in [4.78, 5) is 20.0. The van der Waals surface area contributed by atoms with Crippen LogP contribution in [0, 0.1) is 19.8 Å². The Bertz CT molecular complexity index is 456. The Kier molecular flexibility index (Phi) is 4.35. The minimum atomic E-state index is -0.799. The van der Waals surface area contributed by atoms with E-state index in [1.54, 1.807) is 6.20 Å². The van der Waals surface area contributed by atoms with Crippen LogP contribution in [0.1, 0.15) is 43.5 Å². The number of carboxylic acid groups (broad SMARTS) is 1. The summed E-state index contributed by atoms with van der Waals surface area (Å²) in [6.45, 7) is 3.77. The molecular formula is C14H21N3O2. The van der Waals surface area contributed by atoms with Crippen molar-refractivity contribution in [2.75, 3.05) is 5.32 Å². The number of rotatable bonds is 4. The number of aliphatic carboxylic acids is 1. The van der Waals surface area contributed by atoms with Crippen molar-refractivity contribution in [3.8, 4) is 0 Å². The lowest BCUT2D eigenvalue weighted by molar-refractivity contribution is -0.139. The van der Waals surface area contributed by atoms with Crippen molar-refractivity contribution >= 4 is 11.8 Å². The third-order valence-electron chi connectivity index (χ3n) is 3.88. The quantitative estimate of drug-likeness (QED) is 0.873. The highest BCUT2D eigenvalue weighted by Gasteiger charge is 2.29. The predicted octanol–water partition coefficient (Wildman–Crippen LogP) is 2.54. The van der Waals surface area contributed by atoms with Gasteiger partial charge in [0.15, 0.2) is 0 Å². The molecule has 0 saturated heterocycles. The number of carbonyl (C=O) groups is 1. The first-order valence-electron chi connectivity index (χ1n) is 6.87. The average molecular weight is 263 g/mol. The first-order valence-corrected chi connectivity index (χ1v) is 6.87. The molecule has 2 N–H and O–H groups in total. The topological polar surface area (TPSA) is 75.1 Å². The van der Waals surface area contributed by atoms with Crippen molar-refractivity contribution < 1.29 is 9.90 Å². The summed E-state index contributed by atoms with van der Waals surface area (Å²) >= 11 is 0. The molecule has 5 nitrogen and oxygen atoms in total. The van der Waals surface area contributed by atoms with Gasteiger partial charge in [-0.25, -0.2) is 9.78 Å². The molecule has 1 fully saturated rings. The van der Waals surface area contributed by atoms with Gasteiger partial charge in [-0.1, -0.05) is 19.3 Å². The zero-order valence-corrected chi connectivity index (χ0v) is 11.5. The normalized spacial score (nSPS) is 18.0. The molecule has 1 aromatic heterocycles. The molecule has 2 rings (SSSR count). The minimum absolute atomic E-state index is 0.189. The zero-order chi connectivity index (χ0) is 13.8. The second kappa shape index (κ2) is 5.99. The maximum Gasteiger partial charge on any atom is 0.326 e. The Morgan fingerprint density at radius 3 is 2.58 bits per heavy atom. The molecule has 0 spiro atoms. The minimum Gasteiger partial charge on any atom is -0.480 e. The van der Waals surface area contributed by atoms with Crippen molar-refractivity contribution in [2.24, 2.45) is 5.92 Å². The molecule has 0 bridgehead atoms. The summed E-state index contributed by atoms with van der Waals surface area (Å²) in [5.41, 5.74) is 1.70. The van der Waals surface area contributed by atoms with E-state index in [1.807, 2.05) is 13.8 Å². The molecule has 104 valence electrons. The SMILES string of the molecule is Cc1ncc(NC(C(=O)O)C2CCCCC2)nc1C. The standard InChI is InChI=1S/C14H21N3O2/c1-9-10(2)16-12(8-15-9)17-13(14(18)19)11-6-4-3-5-7-11/h8,11,13H,3-7H2,1-2H3,(H,16,17)(H,18,19). The van der Waals surface area contributed by atoms with Crippen molar-refractivity contribution in [3.05, 3.63) is 17.6 Å². The van der Waals surface area contributed by atoms with Gasteiger partial charge in [-0.05, 0) is 32.6 Å². The first kappa shape index (κ1) is 13.8. The molecule has 0 aliphatic heterocycles. The Morgan fingerprint density at radius 2 is 2.00 bits per heavy atom. The van der Waals surface area contributed by atoms with Crippen LogP contribution >= 0.6 is 0 Å². The maximum atomic E-state index is 11.4. The van der Waals surface area contributed by atoms with Gasteiger partial charge in [0.2, 0.25) is 0 Å². The van der Waals surface area contributed by atoms with E-state index in [2.05, 4.69) is 15.3 Å². The summed E-state index contributed by atoms with van der Waals surface area (Å²) in [5, 5.41) is 12.4. The fourth-order valence-electron chi connectivity index (χ4n) is 2.62. The van der Waals surface area contributed by atoms with E-state index < -0.39 is 12.0 Å². The van der Waals surface area contributed by atoms with Gasteiger partial charge in [0.05, 0.1) is 17.6 Å². The number of aryl methyl sites for hydroxylation is 2. The van der Waals surface area contributed by atoms with Crippen LogP contribution in [-0.2, 0) is 4.79 Å². The van der Waals surface area contributed by atoms with E-state index >= 15 is 0 Å². The van der Waals surface area contributed by atoms with Crippen LogP contribution in [0.25, 0.3) is 0 Å². The number of hydrogen-bond donors (Lipinski definition) is 2. The molecule has 1 atom stereocenters. The first-order chi connectivity index (χ1) is 9.08. The van der Waals surface area contributed by atoms with Crippen LogP contribution in [0.2, 0.25) is 0 Å². The summed E-state index contributed by atoms with van der Waals surface area (Å²) < 4.78 is 0. The van der Waals surface area contributed by atoms with Gasteiger partial charge in [-0.15, -0.1) is 0 Å². The molecule has 1 heterocycles. The van der Waals surface area contributed by atoms with Crippen molar-refractivity contribution in [1.29, 1.82) is 0 Å². The van der Waals surface area contributed by atoms with Crippen LogP contribution in [0.3, 0.4) is 0 Å². The highest BCUT2D eigenvalue weighted by molar-refractivity contribution is 5.77. The Balaban J connectivity index is 2.11. The van der Waals surface area contributed by atoms with Gasteiger partial charge < -0.3 is 10.4 Å². The summed E-state index contributed by atoms with van der Waals surface area (Å²) in [6.07, 6.45) is 7.02. The predicted molar refractivity (Wildman–Crippen MR) is 73.1 cm³/mol. The van der Waals surface area contributed by atoms with E-state index in [0.29, 0.717) is 5.82 Å². The Hall–Kier alpha value is -1.65. The van der Waals surface area contributed by atoms with Gasteiger partial charge in [0.1, 0.15) is 11.9 Å². The molecular weight excluding hydrogens is 242 g/mol. The molecule has 0 amide bonds. The van der Waals surface area contributed by atoms with Crippen LogP contribution < -0.4 is 5.32 Å². The lowest BCUT2D eigenvalue weighted by atomic mass is 9.84. The maximum absolute atomic E-state index is 11.4. The number of aromatic nitrogens is 2. The second-order valence-electron chi connectivity index (χ2n) is 5.28. The highest BCUT2D eigenvalue weighted by Crippen LogP contribution is 2.28. The van der Waals surface area contributed by atoms with Gasteiger partial charge in [-0.2, -0.15) is 0 Å². The second-order valence-corrected chi connectivity index (χ2v) is 5.28. The third-order valence-corrected chi connectivity index (χ3v) is 3.88. The number of hydrogen-bond acceptors (Lipinski definition) is 4. The van der Waals surface area contributed by atoms with Gasteiger partial charge in [0.25, 0.3) is 0 Å². The van der Waals surface area contributed by atoms with Crippen LogP contribution in [-0.4, -0.2) is 27.1 Å². The van der Waals surface area contributed by atoms with E-state index in [4.69, 9.17) is 0 Å². The molecule has 1 saturated carbocycles. The molecule has 5 heteroatoms.